The van der Waals surface area contributed by atoms with Crippen LogP contribution in [0.4, 0.5) is 21.6 Å². The summed E-state index contributed by atoms with van der Waals surface area (Å²) < 4.78 is 13.9. The third-order valence-corrected chi connectivity index (χ3v) is 7.57. The minimum absolute atomic E-state index is 0.143. The number of nitrogens with zero attached hydrogens (tertiary/aromatic N) is 4. The molecule has 2 heterocycles. The van der Waals surface area contributed by atoms with Gasteiger partial charge < -0.3 is 15.1 Å². The molecule has 1 fully saturated rings. The lowest BCUT2D eigenvalue weighted by Gasteiger charge is -2.37. The summed E-state index contributed by atoms with van der Waals surface area (Å²) in [6.45, 7) is 3.19. The van der Waals surface area contributed by atoms with Gasteiger partial charge in [-0.05, 0) is 42.0 Å². The van der Waals surface area contributed by atoms with Gasteiger partial charge in [-0.3, -0.25) is 4.79 Å². The van der Waals surface area contributed by atoms with Crippen molar-refractivity contribution in [1.29, 1.82) is 0 Å². The van der Waals surface area contributed by atoms with Crippen LogP contribution in [0.3, 0.4) is 0 Å². The van der Waals surface area contributed by atoms with Gasteiger partial charge in [0.05, 0.1) is 16.4 Å². The van der Waals surface area contributed by atoms with Crippen molar-refractivity contribution in [2.45, 2.75) is 10.9 Å². The van der Waals surface area contributed by atoms with E-state index >= 15 is 0 Å². The van der Waals surface area contributed by atoms with E-state index in [0.29, 0.717) is 21.6 Å². The first-order chi connectivity index (χ1) is 18.5. The average Bonchev–Trinajstić information content (AvgIpc) is 2.93. The van der Waals surface area contributed by atoms with Crippen LogP contribution in [0.15, 0.2) is 84.0 Å². The van der Waals surface area contributed by atoms with Gasteiger partial charge in [0, 0.05) is 43.6 Å². The molecule has 0 radical (unpaired) electrons. The van der Waals surface area contributed by atoms with Crippen LogP contribution in [0, 0.1) is 5.82 Å². The molecule has 0 aliphatic carbocycles. The fraction of sp³-hybridized carbons (Fsp3) is 0.179. The number of piperazine rings is 1. The number of hydrogen-bond donors (Lipinski definition) is 1. The average molecular weight is 569 g/mol. The monoisotopic (exact) mass is 567 g/mol. The molecule has 1 saturated heterocycles. The number of carbonyl (C=O) groups is 1. The van der Waals surface area contributed by atoms with Gasteiger partial charge in [0.2, 0.25) is 0 Å². The van der Waals surface area contributed by atoms with Crippen molar-refractivity contribution in [2.75, 3.05) is 41.3 Å². The van der Waals surface area contributed by atoms with E-state index in [-0.39, 0.29) is 11.6 Å². The largest absolute Gasteiger partial charge is 0.367 e. The summed E-state index contributed by atoms with van der Waals surface area (Å²) in [5, 5.41) is 4.30. The highest BCUT2D eigenvalue weighted by atomic mass is 35.5. The lowest BCUT2D eigenvalue weighted by molar-refractivity contribution is 0.102. The van der Waals surface area contributed by atoms with Crippen molar-refractivity contribution in [3.63, 3.8) is 0 Å². The lowest BCUT2D eigenvalue weighted by Crippen LogP contribution is -2.47. The Kier molecular flexibility index (Phi) is 8.32. The highest BCUT2D eigenvalue weighted by Crippen LogP contribution is 2.29. The summed E-state index contributed by atoms with van der Waals surface area (Å²) in [6, 6.07) is 22.9. The predicted octanol–water partition coefficient (Wildman–Crippen LogP) is 6.79. The van der Waals surface area contributed by atoms with Gasteiger partial charge in [-0.2, -0.15) is 0 Å². The van der Waals surface area contributed by atoms with E-state index in [1.54, 1.807) is 36.4 Å². The number of aromatic nitrogens is 2. The molecule has 1 amide bonds. The van der Waals surface area contributed by atoms with Gasteiger partial charge >= 0.3 is 0 Å². The highest BCUT2D eigenvalue weighted by molar-refractivity contribution is 7.98. The smallest absolute Gasteiger partial charge is 0.255 e. The predicted molar refractivity (Wildman–Crippen MR) is 153 cm³/mol. The second-order valence-electron chi connectivity index (χ2n) is 8.68. The SMILES string of the molecule is O=C(Nc1ccccc1F)c1cccc(CSc2nc(Cl)cc(N3CCN(c4ccccc4Cl)CC3)n2)c1. The Hall–Kier alpha value is -3.33. The summed E-state index contributed by atoms with van der Waals surface area (Å²) in [7, 11) is 0. The van der Waals surface area contributed by atoms with Crippen LogP contribution in [0.1, 0.15) is 15.9 Å². The molecule has 194 valence electrons. The van der Waals surface area contributed by atoms with Gasteiger partial charge in [0.25, 0.3) is 5.91 Å². The fourth-order valence-corrected chi connectivity index (χ4v) is 5.48. The zero-order valence-corrected chi connectivity index (χ0v) is 22.6. The van der Waals surface area contributed by atoms with E-state index in [2.05, 4.69) is 20.1 Å². The van der Waals surface area contributed by atoms with Crippen LogP contribution in [0.5, 0.6) is 0 Å². The van der Waals surface area contributed by atoms with Gasteiger partial charge in [0.15, 0.2) is 5.16 Å². The molecule has 6 nitrogen and oxygen atoms in total. The highest BCUT2D eigenvalue weighted by Gasteiger charge is 2.21. The van der Waals surface area contributed by atoms with Gasteiger partial charge in [-0.15, -0.1) is 0 Å². The first-order valence-corrected chi connectivity index (χ1v) is 13.8. The third-order valence-electron chi connectivity index (χ3n) is 6.14. The van der Waals surface area contributed by atoms with Crippen LogP contribution >= 0.6 is 35.0 Å². The molecule has 1 aliphatic rings. The maximum atomic E-state index is 13.9. The number of benzene rings is 3. The Bertz CT molecular complexity index is 1450. The van der Waals surface area contributed by atoms with Crippen molar-refractivity contribution in [3.8, 4) is 0 Å². The van der Waals surface area contributed by atoms with Crippen LogP contribution in [-0.2, 0) is 5.75 Å². The molecule has 10 heteroatoms. The molecule has 5 rings (SSSR count). The number of para-hydroxylation sites is 2. The molecule has 3 aromatic carbocycles. The molecule has 0 atom stereocenters. The Balaban J connectivity index is 1.22. The first-order valence-electron chi connectivity index (χ1n) is 12.0. The standard InChI is InChI=1S/C28H24Cl2FN5OS/c29-21-8-1-4-11-24(21)35-12-14-36(15-13-35)26-17-25(30)33-28(34-26)38-18-19-6-5-7-20(16-19)27(37)32-23-10-3-2-9-22(23)31/h1-11,16-17H,12-15,18H2,(H,32,37). The summed E-state index contributed by atoms with van der Waals surface area (Å²) in [4.78, 5) is 26.2. The zero-order valence-electron chi connectivity index (χ0n) is 20.3. The van der Waals surface area contributed by atoms with E-state index in [1.807, 2.05) is 30.3 Å². The van der Waals surface area contributed by atoms with Crippen molar-refractivity contribution < 1.29 is 9.18 Å². The van der Waals surface area contributed by atoms with Crippen molar-refractivity contribution in [3.05, 3.63) is 106 Å². The first kappa shape index (κ1) is 26.3. The topological polar surface area (TPSA) is 61.4 Å². The summed E-state index contributed by atoms with van der Waals surface area (Å²) in [6.07, 6.45) is 0. The number of anilines is 3. The van der Waals surface area contributed by atoms with Crippen LogP contribution in [0.2, 0.25) is 10.2 Å². The normalized spacial score (nSPS) is 13.4. The van der Waals surface area contributed by atoms with Crippen LogP contribution < -0.4 is 15.1 Å². The van der Waals surface area contributed by atoms with Gasteiger partial charge in [-0.1, -0.05) is 71.4 Å². The fourth-order valence-electron chi connectivity index (χ4n) is 4.20. The quantitative estimate of drug-likeness (QED) is 0.151. The Labute approximate surface area is 234 Å². The van der Waals surface area contributed by atoms with E-state index in [1.165, 1.54) is 23.9 Å². The molecular weight excluding hydrogens is 544 g/mol. The number of rotatable bonds is 7. The summed E-state index contributed by atoms with van der Waals surface area (Å²) in [5.74, 6) is 0.469. The molecule has 1 N–H and O–H groups in total. The van der Waals surface area contributed by atoms with E-state index in [0.717, 1.165) is 48.3 Å². The molecule has 0 spiro atoms. The maximum Gasteiger partial charge on any atom is 0.255 e. The Morgan fingerprint density at radius 3 is 2.42 bits per heavy atom. The zero-order chi connectivity index (χ0) is 26.5. The molecule has 4 aromatic rings. The second-order valence-corrected chi connectivity index (χ2v) is 10.4. The second kappa shape index (κ2) is 12.0. The third kappa shape index (κ3) is 6.38. The summed E-state index contributed by atoms with van der Waals surface area (Å²) in [5.41, 5.74) is 2.53. The summed E-state index contributed by atoms with van der Waals surface area (Å²) >= 11 is 14.2. The minimum Gasteiger partial charge on any atom is -0.367 e. The molecule has 0 bridgehead atoms. The number of halogens is 3. The van der Waals surface area contributed by atoms with Gasteiger partial charge in [0.1, 0.15) is 16.8 Å². The number of thioether (sulfide) groups is 1. The Morgan fingerprint density at radius 1 is 0.895 bits per heavy atom. The number of hydrogen-bond acceptors (Lipinski definition) is 6. The molecule has 1 aliphatic heterocycles. The Morgan fingerprint density at radius 2 is 1.63 bits per heavy atom. The molecule has 0 unspecified atom stereocenters. The van der Waals surface area contributed by atoms with E-state index < -0.39 is 5.82 Å². The van der Waals surface area contributed by atoms with Crippen molar-refractivity contribution in [2.24, 2.45) is 0 Å². The van der Waals surface area contributed by atoms with E-state index in [9.17, 15) is 9.18 Å². The number of nitrogens with one attached hydrogen (secondary N) is 1. The van der Waals surface area contributed by atoms with Crippen LogP contribution in [0.25, 0.3) is 0 Å². The van der Waals surface area contributed by atoms with Crippen LogP contribution in [-0.4, -0.2) is 42.1 Å². The number of amides is 1. The van der Waals surface area contributed by atoms with Crippen molar-refractivity contribution >= 4 is 58.1 Å². The van der Waals surface area contributed by atoms with Gasteiger partial charge in [-0.25, -0.2) is 14.4 Å². The lowest BCUT2D eigenvalue weighted by atomic mass is 10.1. The molecular formula is C28H24Cl2FN5OS. The molecule has 1 aromatic heterocycles. The molecule has 0 saturated carbocycles. The molecule has 38 heavy (non-hydrogen) atoms. The van der Waals surface area contributed by atoms with Crippen molar-refractivity contribution in [1.82, 2.24) is 9.97 Å². The minimum atomic E-state index is -0.480. The van der Waals surface area contributed by atoms with E-state index in [4.69, 9.17) is 28.2 Å². The maximum absolute atomic E-state index is 13.9. The number of carbonyl (C=O) groups excluding carboxylic acids is 1.